The first-order valence-electron chi connectivity index (χ1n) is 7.90. The van der Waals surface area contributed by atoms with Crippen molar-refractivity contribution >= 4 is 20.9 Å². The SMILES string of the molecule is COc1cccc2c[n+](N)ccc12.Cc1cc(C)c(S(=O)(=O)[O-])c(C)c1. The van der Waals surface area contributed by atoms with E-state index in [9.17, 15) is 13.0 Å². The maximum absolute atomic E-state index is 10.8. The van der Waals surface area contributed by atoms with Gasteiger partial charge in [0.15, 0.2) is 6.20 Å². The molecule has 0 aliphatic heterocycles. The molecule has 0 unspecified atom stereocenters. The van der Waals surface area contributed by atoms with Gasteiger partial charge in [-0.25, -0.2) is 14.3 Å². The molecule has 26 heavy (non-hydrogen) atoms. The van der Waals surface area contributed by atoms with Crippen LogP contribution in [0.4, 0.5) is 0 Å². The monoisotopic (exact) mass is 374 g/mol. The Labute approximate surface area is 153 Å². The van der Waals surface area contributed by atoms with Crippen LogP contribution in [0.2, 0.25) is 0 Å². The molecule has 3 rings (SSSR count). The van der Waals surface area contributed by atoms with Crippen molar-refractivity contribution in [3.05, 3.63) is 65.5 Å². The molecule has 2 N–H and O–H groups in total. The predicted molar refractivity (Wildman–Crippen MR) is 99.5 cm³/mol. The molecule has 1 heterocycles. The Morgan fingerprint density at radius 3 is 2.23 bits per heavy atom. The van der Waals surface area contributed by atoms with E-state index in [0.717, 1.165) is 22.1 Å². The minimum absolute atomic E-state index is 0.0851. The molecule has 7 heteroatoms. The molecule has 0 atom stereocenters. The van der Waals surface area contributed by atoms with Gasteiger partial charge in [0, 0.05) is 11.5 Å². The molecule has 0 saturated heterocycles. The summed E-state index contributed by atoms with van der Waals surface area (Å²) in [5.41, 5.74) is 2.00. The van der Waals surface area contributed by atoms with Gasteiger partial charge in [-0.2, -0.15) is 0 Å². The van der Waals surface area contributed by atoms with E-state index in [0.29, 0.717) is 11.1 Å². The Kier molecular flexibility index (Phi) is 5.84. The first-order valence-corrected chi connectivity index (χ1v) is 9.31. The number of fused-ring (bicyclic) bond motifs is 1. The molecule has 1 aromatic heterocycles. The number of nitrogens with two attached hydrogens (primary N) is 1. The van der Waals surface area contributed by atoms with E-state index in [4.69, 9.17) is 10.6 Å². The van der Waals surface area contributed by atoms with Crippen LogP contribution in [0.3, 0.4) is 0 Å². The molecule has 0 saturated carbocycles. The molecule has 0 amide bonds. The van der Waals surface area contributed by atoms with Crippen LogP contribution in [0.5, 0.6) is 5.75 Å². The van der Waals surface area contributed by atoms with Crippen molar-refractivity contribution in [2.45, 2.75) is 25.7 Å². The second-order valence-electron chi connectivity index (χ2n) is 6.04. The van der Waals surface area contributed by atoms with Gasteiger partial charge in [-0.1, -0.05) is 28.4 Å². The lowest BCUT2D eigenvalue weighted by Gasteiger charge is -2.14. The van der Waals surface area contributed by atoms with Crippen LogP contribution >= 0.6 is 0 Å². The number of hydrogen-bond donors (Lipinski definition) is 1. The number of aryl methyl sites for hydroxylation is 3. The molecule has 0 spiro atoms. The zero-order valence-electron chi connectivity index (χ0n) is 15.2. The maximum atomic E-state index is 10.8. The number of rotatable bonds is 2. The highest BCUT2D eigenvalue weighted by Crippen LogP contribution is 2.23. The van der Waals surface area contributed by atoms with Crippen LogP contribution in [0.15, 0.2) is 53.7 Å². The molecule has 0 radical (unpaired) electrons. The second kappa shape index (κ2) is 7.72. The van der Waals surface area contributed by atoms with Gasteiger partial charge in [0.1, 0.15) is 15.9 Å². The fraction of sp³-hybridized carbons (Fsp3) is 0.211. The van der Waals surface area contributed by atoms with Crippen molar-refractivity contribution in [2.75, 3.05) is 13.0 Å². The highest BCUT2D eigenvalue weighted by Gasteiger charge is 2.09. The van der Waals surface area contributed by atoms with E-state index in [2.05, 4.69) is 0 Å². The number of aromatic nitrogens is 1. The van der Waals surface area contributed by atoms with Gasteiger partial charge in [-0.3, -0.25) is 0 Å². The normalized spacial score (nSPS) is 11.0. The third-order valence-corrected chi connectivity index (χ3v) is 5.02. The molecule has 0 fully saturated rings. The van der Waals surface area contributed by atoms with E-state index < -0.39 is 10.1 Å². The van der Waals surface area contributed by atoms with Crippen molar-refractivity contribution in [3.8, 4) is 5.75 Å². The predicted octanol–water partition coefficient (Wildman–Crippen LogP) is 2.37. The molecule has 0 bridgehead atoms. The molecule has 3 aromatic rings. The number of nitrogens with zero attached hydrogens (tertiary/aromatic N) is 1. The first kappa shape index (κ1) is 19.7. The van der Waals surface area contributed by atoms with Gasteiger partial charge in [-0.15, -0.1) is 0 Å². The number of benzene rings is 2. The lowest BCUT2D eigenvalue weighted by Crippen LogP contribution is -2.43. The maximum Gasteiger partial charge on any atom is 0.207 e. The van der Waals surface area contributed by atoms with E-state index >= 15 is 0 Å². The fourth-order valence-electron chi connectivity index (χ4n) is 2.96. The van der Waals surface area contributed by atoms with Gasteiger partial charge in [-0.05, 0) is 44.0 Å². The standard InChI is InChI=1S/C10H11N2O.C9H12O3S/c1-13-10-4-2-3-8-7-12(11)6-5-9(8)10;1-6-4-7(2)9(8(3)5-6)13(10,11)12/h2-7H,11H2,1H3;4-5H,1-3H3,(H,10,11,12)/q+1;/p-1. The quantitative estimate of drug-likeness (QED) is 0.422. The Balaban J connectivity index is 0.000000187. The summed E-state index contributed by atoms with van der Waals surface area (Å²) in [6.07, 6.45) is 3.66. The molecule has 0 aliphatic carbocycles. The van der Waals surface area contributed by atoms with Crippen molar-refractivity contribution in [2.24, 2.45) is 0 Å². The number of pyridine rings is 1. The third-order valence-electron chi connectivity index (χ3n) is 3.88. The number of nitrogen functional groups attached to an aromatic ring is 1. The van der Waals surface area contributed by atoms with E-state index in [-0.39, 0.29) is 4.90 Å². The number of ether oxygens (including phenoxy) is 1. The third kappa shape index (κ3) is 4.50. The molecule has 6 nitrogen and oxygen atoms in total. The van der Waals surface area contributed by atoms with Crippen molar-refractivity contribution < 1.29 is 22.4 Å². The lowest BCUT2D eigenvalue weighted by molar-refractivity contribution is -0.637. The summed E-state index contributed by atoms with van der Waals surface area (Å²) >= 11 is 0. The average Bonchev–Trinajstić information content (AvgIpc) is 2.52. The van der Waals surface area contributed by atoms with E-state index in [1.807, 2.05) is 37.4 Å². The minimum atomic E-state index is -4.33. The fourth-order valence-corrected chi connectivity index (χ4v) is 3.86. The van der Waals surface area contributed by atoms with E-state index in [1.54, 1.807) is 39.3 Å². The smallest absolute Gasteiger partial charge is 0.207 e. The number of methoxy groups -OCH3 is 1. The van der Waals surface area contributed by atoms with Gasteiger partial charge in [0.05, 0.1) is 17.4 Å². The summed E-state index contributed by atoms with van der Waals surface area (Å²) in [6.45, 7) is 5.12. The van der Waals surface area contributed by atoms with Gasteiger partial charge < -0.3 is 9.29 Å². The molecule has 0 aliphatic rings. The largest absolute Gasteiger partial charge is 0.744 e. The Bertz CT molecular complexity index is 1020. The summed E-state index contributed by atoms with van der Waals surface area (Å²) in [6, 6.07) is 11.2. The number of hydrogen-bond acceptors (Lipinski definition) is 5. The summed E-state index contributed by atoms with van der Waals surface area (Å²) in [7, 11) is -2.67. The van der Waals surface area contributed by atoms with Gasteiger partial charge in [0.2, 0.25) is 6.20 Å². The minimum Gasteiger partial charge on any atom is -0.744 e. The topological polar surface area (TPSA) is 96.3 Å². The highest BCUT2D eigenvalue weighted by molar-refractivity contribution is 7.85. The second-order valence-corrected chi connectivity index (χ2v) is 7.35. The highest BCUT2D eigenvalue weighted by atomic mass is 32.2. The Morgan fingerprint density at radius 2 is 1.69 bits per heavy atom. The van der Waals surface area contributed by atoms with Crippen LogP contribution in [-0.4, -0.2) is 20.1 Å². The molecular formula is C19H22N2O4S. The zero-order chi connectivity index (χ0) is 19.5. The van der Waals surface area contributed by atoms with Crippen LogP contribution < -0.4 is 15.3 Å². The average molecular weight is 374 g/mol. The van der Waals surface area contributed by atoms with Crippen molar-refractivity contribution in [3.63, 3.8) is 0 Å². The molecule has 2 aromatic carbocycles. The summed E-state index contributed by atoms with van der Waals surface area (Å²) in [5, 5.41) is 2.15. The Morgan fingerprint density at radius 1 is 1.08 bits per heavy atom. The van der Waals surface area contributed by atoms with Crippen LogP contribution in [-0.2, 0) is 10.1 Å². The Hall–Kier alpha value is -2.64. The summed E-state index contributed by atoms with van der Waals surface area (Å²) in [5.74, 6) is 6.46. The summed E-state index contributed by atoms with van der Waals surface area (Å²) in [4.78, 5) is -0.0851. The summed E-state index contributed by atoms with van der Waals surface area (Å²) < 4.78 is 39.2. The van der Waals surface area contributed by atoms with Crippen LogP contribution in [0.25, 0.3) is 10.8 Å². The molecular weight excluding hydrogens is 352 g/mol. The zero-order valence-corrected chi connectivity index (χ0v) is 16.0. The van der Waals surface area contributed by atoms with Crippen LogP contribution in [0.1, 0.15) is 16.7 Å². The molecule has 138 valence electrons. The van der Waals surface area contributed by atoms with Crippen LogP contribution in [0, 0.1) is 20.8 Å². The first-order chi connectivity index (χ1) is 12.1. The van der Waals surface area contributed by atoms with Gasteiger partial charge >= 0.3 is 0 Å². The van der Waals surface area contributed by atoms with E-state index in [1.165, 1.54) is 4.68 Å². The van der Waals surface area contributed by atoms with Crippen molar-refractivity contribution in [1.29, 1.82) is 0 Å². The van der Waals surface area contributed by atoms with Crippen molar-refractivity contribution in [1.82, 2.24) is 0 Å². The van der Waals surface area contributed by atoms with Gasteiger partial charge in [0.25, 0.3) is 0 Å². The lowest BCUT2D eigenvalue weighted by atomic mass is 10.1.